The normalized spacial score (nSPS) is 9.62. The van der Waals surface area contributed by atoms with E-state index in [1.54, 1.807) is 12.1 Å². The molecule has 0 saturated heterocycles. The summed E-state index contributed by atoms with van der Waals surface area (Å²) in [4.78, 5) is 10.0. The molecule has 0 aromatic heterocycles. The number of thioether (sulfide) groups is 1. The molecule has 0 aliphatic carbocycles. The van der Waals surface area contributed by atoms with Gasteiger partial charge in [0.15, 0.2) is 0 Å². The van der Waals surface area contributed by atoms with Crippen LogP contribution in [0.5, 0.6) is 5.75 Å². The van der Waals surface area contributed by atoms with Gasteiger partial charge in [-0.3, -0.25) is 4.79 Å². The summed E-state index contributed by atoms with van der Waals surface area (Å²) in [6.45, 7) is 2.57. The lowest BCUT2D eigenvalue weighted by Crippen LogP contribution is -1.88. The molecule has 13 heavy (non-hydrogen) atoms. The fourth-order valence-electron chi connectivity index (χ4n) is 0.940. The monoisotopic (exact) mass is 196 g/mol. The summed E-state index contributed by atoms with van der Waals surface area (Å²) in [5.74, 6) is 2.73. The predicted octanol–water partition coefficient (Wildman–Crippen LogP) is 2.47. The van der Waals surface area contributed by atoms with Gasteiger partial charge < -0.3 is 4.74 Å². The van der Waals surface area contributed by atoms with Crippen LogP contribution in [0.15, 0.2) is 24.3 Å². The molecule has 70 valence electrons. The third-order valence-corrected chi connectivity index (χ3v) is 2.53. The molecule has 0 bridgehead atoms. The van der Waals surface area contributed by atoms with Crippen LogP contribution in [0.3, 0.4) is 0 Å². The first-order chi connectivity index (χ1) is 6.36. The molecule has 0 unspecified atom stereocenters. The van der Waals surface area contributed by atoms with E-state index >= 15 is 0 Å². The van der Waals surface area contributed by atoms with Crippen molar-refractivity contribution in [2.75, 3.05) is 5.75 Å². The molecule has 0 N–H and O–H groups in total. The van der Waals surface area contributed by atoms with Gasteiger partial charge in [-0.15, -0.1) is 0 Å². The maximum atomic E-state index is 10.0. The van der Waals surface area contributed by atoms with Crippen LogP contribution in [0.4, 0.5) is 0 Å². The highest BCUT2D eigenvalue weighted by Crippen LogP contribution is 2.15. The maximum Gasteiger partial charge on any atom is 0.298 e. The van der Waals surface area contributed by atoms with E-state index in [0.717, 1.165) is 11.5 Å². The number of rotatable bonds is 5. The minimum absolute atomic E-state index is 0.440. The van der Waals surface area contributed by atoms with Crippen molar-refractivity contribution in [2.45, 2.75) is 12.7 Å². The van der Waals surface area contributed by atoms with E-state index in [2.05, 4.69) is 11.7 Å². The number of carbonyl (C=O) groups is 1. The summed E-state index contributed by atoms with van der Waals surface area (Å²) >= 11 is 1.87. The third kappa shape index (κ3) is 3.51. The summed E-state index contributed by atoms with van der Waals surface area (Å²) in [6.07, 6.45) is 0. The van der Waals surface area contributed by atoms with Crippen molar-refractivity contribution >= 4 is 18.2 Å². The Bertz CT molecular complexity index is 256. The minimum Gasteiger partial charge on any atom is -0.429 e. The summed E-state index contributed by atoms with van der Waals surface area (Å²) in [6, 6.07) is 7.56. The van der Waals surface area contributed by atoms with Crippen molar-refractivity contribution in [1.82, 2.24) is 0 Å². The van der Waals surface area contributed by atoms with E-state index in [4.69, 9.17) is 0 Å². The number of hydrogen-bond donors (Lipinski definition) is 0. The number of carbonyl (C=O) groups excluding carboxylic acids is 1. The van der Waals surface area contributed by atoms with E-state index in [0.29, 0.717) is 12.2 Å². The van der Waals surface area contributed by atoms with E-state index < -0.39 is 0 Å². The van der Waals surface area contributed by atoms with Gasteiger partial charge in [0.25, 0.3) is 6.47 Å². The summed E-state index contributed by atoms with van der Waals surface area (Å²) < 4.78 is 4.68. The molecule has 0 heterocycles. The number of ether oxygens (including phenoxy) is 1. The second-order valence-corrected chi connectivity index (χ2v) is 3.77. The van der Waals surface area contributed by atoms with Gasteiger partial charge in [0.1, 0.15) is 5.75 Å². The molecule has 0 fully saturated rings. The number of benzene rings is 1. The van der Waals surface area contributed by atoms with Crippen molar-refractivity contribution in [1.29, 1.82) is 0 Å². The Balaban J connectivity index is 2.53. The first-order valence-corrected chi connectivity index (χ1v) is 5.29. The molecule has 1 aromatic rings. The largest absolute Gasteiger partial charge is 0.429 e. The molecule has 0 saturated carbocycles. The lowest BCUT2D eigenvalue weighted by atomic mass is 10.2. The van der Waals surface area contributed by atoms with Crippen molar-refractivity contribution in [3.05, 3.63) is 29.8 Å². The van der Waals surface area contributed by atoms with Crippen molar-refractivity contribution in [2.24, 2.45) is 0 Å². The first kappa shape index (κ1) is 10.1. The lowest BCUT2D eigenvalue weighted by molar-refractivity contribution is -0.120. The topological polar surface area (TPSA) is 26.3 Å². The molecular weight excluding hydrogens is 184 g/mol. The molecule has 0 atom stereocenters. The van der Waals surface area contributed by atoms with Crippen LogP contribution in [-0.2, 0) is 10.5 Å². The SMILES string of the molecule is CCSCc1ccc(OC=O)cc1. The van der Waals surface area contributed by atoms with Gasteiger partial charge in [-0.05, 0) is 23.4 Å². The van der Waals surface area contributed by atoms with Gasteiger partial charge in [0.05, 0.1) is 0 Å². The average Bonchev–Trinajstić information content (AvgIpc) is 2.17. The molecule has 1 rings (SSSR count). The van der Waals surface area contributed by atoms with Gasteiger partial charge in [0.2, 0.25) is 0 Å². The molecule has 0 radical (unpaired) electrons. The molecular formula is C10H12O2S. The number of hydrogen-bond acceptors (Lipinski definition) is 3. The highest BCUT2D eigenvalue weighted by Gasteiger charge is 1.94. The summed E-state index contributed by atoms with van der Waals surface area (Å²) in [7, 11) is 0. The standard InChI is InChI=1S/C10H12O2S/c1-2-13-7-9-3-5-10(6-4-9)12-8-11/h3-6,8H,2,7H2,1H3. The lowest BCUT2D eigenvalue weighted by Gasteiger charge is -2.00. The van der Waals surface area contributed by atoms with Gasteiger partial charge >= 0.3 is 0 Å². The Morgan fingerprint density at radius 1 is 1.38 bits per heavy atom. The Kier molecular flexibility index (Phi) is 4.40. The van der Waals surface area contributed by atoms with Crippen LogP contribution in [0, 0.1) is 0 Å². The summed E-state index contributed by atoms with van der Waals surface area (Å²) in [5.41, 5.74) is 1.25. The molecule has 1 aromatic carbocycles. The van der Waals surface area contributed by atoms with Crippen molar-refractivity contribution in [3.63, 3.8) is 0 Å². The smallest absolute Gasteiger partial charge is 0.298 e. The molecule has 0 amide bonds. The highest BCUT2D eigenvalue weighted by molar-refractivity contribution is 7.98. The fourth-order valence-corrected chi connectivity index (χ4v) is 1.57. The average molecular weight is 196 g/mol. The van der Waals surface area contributed by atoms with Crippen LogP contribution >= 0.6 is 11.8 Å². The quantitative estimate of drug-likeness (QED) is 0.677. The van der Waals surface area contributed by atoms with Gasteiger partial charge in [-0.25, -0.2) is 0 Å². The van der Waals surface area contributed by atoms with Gasteiger partial charge in [-0.1, -0.05) is 19.1 Å². The predicted molar refractivity (Wildman–Crippen MR) is 55.0 cm³/mol. The molecule has 2 nitrogen and oxygen atoms in total. The summed E-state index contributed by atoms with van der Waals surface area (Å²) in [5, 5.41) is 0. The molecule has 0 aliphatic heterocycles. The van der Waals surface area contributed by atoms with Crippen LogP contribution in [-0.4, -0.2) is 12.2 Å². The van der Waals surface area contributed by atoms with Gasteiger partial charge in [0, 0.05) is 5.75 Å². The zero-order chi connectivity index (χ0) is 9.52. The van der Waals surface area contributed by atoms with Crippen molar-refractivity contribution < 1.29 is 9.53 Å². The highest BCUT2D eigenvalue weighted by atomic mass is 32.2. The Labute approximate surface area is 82.3 Å². The first-order valence-electron chi connectivity index (χ1n) is 4.13. The van der Waals surface area contributed by atoms with Crippen LogP contribution in [0.1, 0.15) is 12.5 Å². The van der Waals surface area contributed by atoms with E-state index in [-0.39, 0.29) is 0 Å². The molecule has 0 aliphatic rings. The minimum atomic E-state index is 0.440. The van der Waals surface area contributed by atoms with Crippen LogP contribution < -0.4 is 4.74 Å². The maximum absolute atomic E-state index is 10.0. The second-order valence-electron chi connectivity index (χ2n) is 2.50. The Hall–Kier alpha value is -0.960. The van der Waals surface area contributed by atoms with Gasteiger partial charge in [-0.2, -0.15) is 11.8 Å². The Morgan fingerprint density at radius 3 is 2.62 bits per heavy atom. The van der Waals surface area contributed by atoms with E-state index in [1.165, 1.54) is 5.56 Å². The fraction of sp³-hybridized carbons (Fsp3) is 0.300. The zero-order valence-corrected chi connectivity index (χ0v) is 8.34. The van der Waals surface area contributed by atoms with E-state index in [9.17, 15) is 4.79 Å². The zero-order valence-electron chi connectivity index (χ0n) is 7.53. The Morgan fingerprint density at radius 2 is 2.08 bits per heavy atom. The van der Waals surface area contributed by atoms with Crippen LogP contribution in [0.25, 0.3) is 0 Å². The third-order valence-electron chi connectivity index (χ3n) is 1.58. The second kappa shape index (κ2) is 5.65. The molecule has 0 spiro atoms. The van der Waals surface area contributed by atoms with Crippen LogP contribution in [0.2, 0.25) is 0 Å². The molecule has 3 heteroatoms. The van der Waals surface area contributed by atoms with E-state index in [1.807, 2.05) is 23.9 Å². The van der Waals surface area contributed by atoms with Crippen molar-refractivity contribution in [3.8, 4) is 5.75 Å².